The van der Waals surface area contributed by atoms with E-state index in [4.69, 9.17) is 50.7 Å². The van der Waals surface area contributed by atoms with Crippen LogP contribution >= 0.6 is 34.8 Å². The third-order valence-corrected chi connectivity index (χ3v) is 3.11. The molecular weight excluding hydrogens is 339 g/mol. The van der Waals surface area contributed by atoms with Crippen molar-refractivity contribution < 1.29 is 17.9 Å². The highest BCUT2D eigenvalue weighted by Crippen LogP contribution is 2.40. The van der Waals surface area contributed by atoms with Gasteiger partial charge in [0, 0.05) is 5.70 Å². The standard InChI is InChI=1S/C11H8Cl3F3N2O/c1-4(18)8(14)10(19)20-9-6(12)2-5(3-7(9)13)11(15,16)17/h2-3,19H,18H2,1H3/b8-4+,19-10?. The molecule has 0 spiro atoms. The number of benzene rings is 1. The Kier molecular flexibility index (Phi) is 5.18. The van der Waals surface area contributed by atoms with Crippen LogP contribution in [0.15, 0.2) is 22.9 Å². The SMILES string of the molecule is C/C(N)=C(\Cl)C(=N)Oc1c(Cl)cc(C(F)(F)F)cc1Cl. The smallest absolute Gasteiger partial charge is 0.416 e. The number of alkyl halides is 3. The molecule has 1 aromatic rings. The highest BCUT2D eigenvalue weighted by Gasteiger charge is 2.32. The van der Waals surface area contributed by atoms with E-state index < -0.39 is 27.7 Å². The van der Waals surface area contributed by atoms with E-state index in [9.17, 15) is 13.2 Å². The zero-order valence-electron chi connectivity index (χ0n) is 9.91. The molecule has 0 fully saturated rings. The first-order chi connectivity index (χ1) is 9.04. The van der Waals surface area contributed by atoms with Crippen molar-refractivity contribution in [1.29, 1.82) is 5.41 Å². The molecule has 0 saturated carbocycles. The Morgan fingerprint density at radius 1 is 1.25 bits per heavy atom. The average Bonchev–Trinajstić information content (AvgIpc) is 2.30. The van der Waals surface area contributed by atoms with Gasteiger partial charge in [0.15, 0.2) is 5.75 Å². The lowest BCUT2D eigenvalue weighted by atomic mass is 10.2. The molecule has 9 heteroatoms. The van der Waals surface area contributed by atoms with Crippen molar-refractivity contribution in [2.24, 2.45) is 5.73 Å². The van der Waals surface area contributed by atoms with E-state index in [1.165, 1.54) is 6.92 Å². The molecule has 0 aliphatic carbocycles. The van der Waals surface area contributed by atoms with E-state index in [-0.39, 0.29) is 16.5 Å². The fourth-order valence-corrected chi connectivity index (χ4v) is 1.75. The Morgan fingerprint density at radius 2 is 1.70 bits per heavy atom. The number of ether oxygens (including phenoxy) is 1. The first kappa shape index (κ1) is 16.9. The van der Waals surface area contributed by atoms with Gasteiger partial charge in [-0.2, -0.15) is 13.2 Å². The second-order valence-electron chi connectivity index (χ2n) is 3.69. The summed E-state index contributed by atoms with van der Waals surface area (Å²) >= 11 is 17.0. The molecule has 0 radical (unpaired) electrons. The van der Waals surface area contributed by atoms with Crippen LogP contribution in [0.4, 0.5) is 13.2 Å². The number of nitrogens with one attached hydrogen (secondary N) is 1. The molecule has 0 atom stereocenters. The minimum atomic E-state index is -4.59. The van der Waals surface area contributed by atoms with Crippen LogP contribution in [-0.2, 0) is 6.18 Å². The van der Waals surface area contributed by atoms with Crippen molar-refractivity contribution in [2.45, 2.75) is 13.1 Å². The minimum absolute atomic E-state index is 0.107. The van der Waals surface area contributed by atoms with E-state index in [0.717, 1.165) is 0 Å². The largest absolute Gasteiger partial charge is 0.435 e. The van der Waals surface area contributed by atoms with Crippen LogP contribution in [-0.4, -0.2) is 5.90 Å². The van der Waals surface area contributed by atoms with Crippen LogP contribution in [0.1, 0.15) is 12.5 Å². The Hall–Kier alpha value is -1.11. The topological polar surface area (TPSA) is 59.1 Å². The van der Waals surface area contributed by atoms with Gasteiger partial charge in [-0.3, -0.25) is 5.41 Å². The quantitative estimate of drug-likeness (QED) is 0.596. The molecule has 3 nitrogen and oxygen atoms in total. The summed E-state index contributed by atoms with van der Waals surface area (Å²) in [4.78, 5) is 0. The van der Waals surface area contributed by atoms with Crippen LogP contribution < -0.4 is 10.5 Å². The fourth-order valence-electron chi connectivity index (χ4n) is 1.15. The van der Waals surface area contributed by atoms with Crippen molar-refractivity contribution in [3.63, 3.8) is 0 Å². The van der Waals surface area contributed by atoms with Crippen molar-refractivity contribution in [1.82, 2.24) is 0 Å². The highest BCUT2D eigenvalue weighted by atomic mass is 35.5. The summed E-state index contributed by atoms with van der Waals surface area (Å²) in [6, 6.07) is 1.28. The van der Waals surface area contributed by atoms with E-state index in [0.29, 0.717) is 12.1 Å². The van der Waals surface area contributed by atoms with Gasteiger partial charge < -0.3 is 10.5 Å². The number of hydrogen-bond acceptors (Lipinski definition) is 3. The summed E-state index contributed by atoms with van der Waals surface area (Å²) in [5, 5.41) is 6.51. The number of halogens is 6. The van der Waals surface area contributed by atoms with Crippen LogP contribution in [0, 0.1) is 5.41 Å². The lowest BCUT2D eigenvalue weighted by Crippen LogP contribution is -2.12. The summed E-state index contributed by atoms with van der Waals surface area (Å²) in [7, 11) is 0. The third-order valence-electron chi connectivity index (χ3n) is 2.08. The minimum Gasteiger partial charge on any atom is -0.435 e. The van der Waals surface area contributed by atoms with Crippen molar-refractivity contribution in [3.05, 3.63) is 38.5 Å². The molecule has 0 heterocycles. The van der Waals surface area contributed by atoms with Gasteiger partial charge >= 0.3 is 6.18 Å². The molecule has 0 aromatic heterocycles. The third kappa shape index (κ3) is 3.94. The summed E-state index contributed by atoms with van der Waals surface area (Å²) < 4.78 is 42.5. The van der Waals surface area contributed by atoms with E-state index in [1.54, 1.807) is 0 Å². The first-order valence-corrected chi connectivity index (χ1v) is 6.12. The Morgan fingerprint density at radius 3 is 2.05 bits per heavy atom. The highest BCUT2D eigenvalue weighted by molar-refractivity contribution is 6.42. The Balaban J connectivity index is 3.17. The average molecular weight is 348 g/mol. The van der Waals surface area contributed by atoms with Gasteiger partial charge in [-0.15, -0.1) is 0 Å². The monoisotopic (exact) mass is 346 g/mol. The fraction of sp³-hybridized carbons (Fsp3) is 0.182. The molecule has 20 heavy (non-hydrogen) atoms. The van der Waals surface area contributed by atoms with Gasteiger partial charge in [0.2, 0.25) is 5.90 Å². The van der Waals surface area contributed by atoms with Crippen molar-refractivity contribution >= 4 is 40.7 Å². The molecule has 0 amide bonds. The van der Waals surface area contributed by atoms with Gasteiger partial charge in [0.25, 0.3) is 0 Å². The van der Waals surface area contributed by atoms with Crippen LogP contribution in [0.25, 0.3) is 0 Å². The predicted molar refractivity (Wildman–Crippen MR) is 72.6 cm³/mol. The Bertz CT molecular complexity index is 558. The van der Waals surface area contributed by atoms with E-state index in [2.05, 4.69) is 0 Å². The second-order valence-corrected chi connectivity index (χ2v) is 4.89. The molecule has 1 aromatic carbocycles. The first-order valence-electron chi connectivity index (χ1n) is 4.99. The molecule has 0 saturated heterocycles. The molecule has 0 unspecified atom stereocenters. The summed E-state index contributed by atoms with van der Waals surface area (Å²) in [5.41, 5.74) is 4.44. The second kappa shape index (κ2) is 6.11. The molecule has 110 valence electrons. The van der Waals surface area contributed by atoms with E-state index >= 15 is 0 Å². The zero-order valence-corrected chi connectivity index (χ0v) is 12.2. The van der Waals surface area contributed by atoms with Gasteiger partial charge in [0.05, 0.1) is 15.6 Å². The maximum atomic E-state index is 12.5. The van der Waals surface area contributed by atoms with E-state index in [1.807, 2.05) is 0 Å². The normalized spacial score (nSPS) is 12.9. The van der Waals surface area contributed by atoms with Crippen LogP contribution in [0.2, 0.25) is 10.0 Å². The lowest BCUT2D eigenvalue weighted by molar-refractivity contribution is -0.137. The summed E-state index contributed by atoms with van der Waals surface area (Å²) in [6.07, 6.45) is -4.59. The maximum Gasteiger partial charge on any atom is 0.416 e. The lowest BCUT2D eigenvalue weighted by Gasteiger charge is -2.13. The Labute approximate surface area is 127 Å². The molecule has 0 aliphatic rings. The number of hydrogen-bond donors (Lipinski definition) is 2. The molecule has 0 aliphatic heterocycles. The summed E-state index contributed by atoms with van der Waals surface area (Å²) in [6.45, 7) is 1.43. The van der Waals surface area contributed by atoms with Crippen molar-refractivity contribution in [2.75, 3.05) is 0 Å². The van der Waals surface area contributed by atoms with Gasteiger partial charge in [-0.05, 0) is 19.1 Å². The number of allylic oxidation sites excluding steroid dienone is 1. The predicted octanol–water partition coefficient (Wildman–Crippen LogP) is 4.80. The van der Waals surface area contributed by atoms with Crippen molar-refractivity contribution in [3.8, 4) is 5.75 Å². The summed E-state index contributed by atoms with van der Waals surface area (Å²) in [5.74, 6) is -0.874. The number of rotatable bonds is 2. The molecule has 3 N–H and O–H groups in total. The van der Waals surface area contributed by atoms with Gasteiger partial charge in [0.1, 0.15) is 5.03 Å². The van der Waals surface area contributed by atoms with Crippen LogP contribution in [0.3, 0.4) is 0 Å². The zero-order chi connectivity index (χ0) is 15.7. The van der Waals surface area contributed by atoms with Gasteiger partial charge in [-0.1, -0.05) is 34.8 Å². The molecular formula is C11H8Cl3F3N2O. The maximum absolute atomic E-state index is 12.5. The molecule has 0 bridgehead atoms. The molecule has 1 rings (SSSR count). The van der Waals surface area contributed by atoms with Gasteiger partial charge in [-0.25, -0.2) is 0 Å². The van der Waals surface area contributed by atoms with Crippen LogP contribution in [0.5, 0.6) is 5.75 Å². The number of nitrogens with two attached hydrogens (primary N) is 1.